The Balaban J connectivity index is 3.24. The van der Waals surface area contributed by atoms with Crippen LogP contribution in [0.1, 0.15) is 5.69 Å². The molecule has 0 spiro atoms. The number of pyridine rings is 1. The average Bonchev–Trinajstić information content (AvgIpc) is 1.97. The second kappa shape index (κ2) is 3.02. The summed E-state index contributed by atoms with van der Waals surface area (Å²) in [4.78, 5) is 11.0. The van der Waals surface area contributed by atoms with Gasteiger partial charge in [0.1, 0.15) is 6.54 Å². The Morgan fingerprint density at radius 1 is 1.64 bits per heavy atom. The van der Waals surface area contributed by atoms with Gasteiger partial charge in [0.05, 0.1) is 6.07 Å². The monoisotopic (exact) mass is 148 g/mol. The summed E-state index contributed by atoms with van der Waals surface area (Å²) < 4.78 is 1.43. The van der Waals surface area contributed by atoms with Crippen LogP contribution in [0.4, 0.5) is 0 Å². The zero-order valence-corrected chi connectivity index (χ0v) is 6.24. The predicted molar refractivity (Wildman–Crippen MR) is 41.1 cm³/mol. The van der Waals surface area contributed by atoms with Gasteiger partial charge >= 0.3 is 0 Å². The van der Waals surface area contributed by atoms with Crippen molar-refractivity contribution in [3.05, 3.63) is 34.2 Å². The molecule has 0 fully saturated rings. The quantitative estimate of drug-likeness (QED) is 0.588. The van der Waals surface area contributed by atoms with E-state index >= 15 is 0 Å². The van der Waals surface area contributed by atoms with E-state index in [1.807, 2.05) is 6.07 Å². The van der Waals surface area contributed by atoms with E-state index in [2.05, 4.69) is 0 Å². The van der Waals surface area contributed by atoms with E-state index in [9.17, 15) is 4.79 Å². The highest BCUT2D eigenvalue weighted by Crippen LogP contribution is 1.91. The Labute approximate surface area is 64.5 Å². The van der Waals surface area contributed by atoms with Gasteiger partial charge < -0.3 is 0 Å². The Hall–Kier alpha value is -1.56. The van der Waals surface area contributed by atoms with Crippen molar-refractivity contribution in [3.8, 4) is 6.07 Å². The molecule has 3 nitrogen and oxygen atoms in total. The van der Waals surface area contributed by atoms with Crippen LogP contribution in [-0.4, -0.2) is 4.57 Å². The van der Waals surface area contributed by atoms with Crippen molar-refractivity contribution in [2.75, 3.05) is 0 Å². The van der Waals surface area contributed by atoms with E-state index in [-0.39, 0.29) is 12.1 Å². The van der Waals surface area contributed by atoms with Gasteiger partial charge in [-0.05, 0) is 13.0 Å². The molecule has 0 aromatic carbocycles. The van der Waals surface area contributed by atoms with Crippen molar-refractivity contribution in [1.29, 1.82) is 5.26 Å². The zero-order valence-electron chi connectivity index (χ0n) is 6.24. The highest BCUT2D eigenvalue weighted by atomic mass is 16.1. The summed E-state index contributed by atoms with van der Waals surface area (Å²) in [6, 6.07) is 6.87. The van der Waals surface area contributed by atoms with Crippen molar-refractivity contribution in [1.82, 2.24) is 4.57 Å². The molecule has 0 bridgehead atoms. The number of aromatic nitrogens is 1. The second-order valence-electron chi connectivity index (χ2n) is 2.25. The third-order valence-corrected chi connectivity index (χ3v) is 1.50. The SMILES string of the molecule is Cc1cccc(=O)n1CC#N. The van der Waals surface area contributed by atoms with E-state index in [0.717, 1.165) is 5.69 Å². The zero-order chi connectivity index (χ0) is 8.27. The largest absolute Gasteiger partial charge is 0.299 e. The van der Waals surface area contributed by atoms with Crippen LogP contribution in [0, 0.1) is 18.3 Å². The summed E-state index contributed by atoms with van der Waals surface area (Å²) >= 11 is 0. The van der Waals surface area contributed by atoms with Crippen LogP contribution in [0.3, 0.4) is 0 Å². The van der Waals surface area contributed by atoms with Gasteiger partial charge in [-0.2, -0.15) is 5.26 Å². The van der Waals surface area contributed by atoms with E-state index in [4.69, 9.17) is 5.26 Å². The third-order valence-electron chi connectivity index (χ3n) is 1.50. The summed E-state index contributed by atoms with van der Waals surface area (Å²) in [5.74, 6) is 0. The minimum absolute atomic E-state index is 0.119. The summed E-state index contributed by atoms with van der Waals surface area (Å²) in [6.07, 6.45) is 0. The lowest BCUT2D eigenvalue weighted by Crippen LogP contribution is -2.19. The van der Waals surface area contributed by atoms with Gasteiger partial charge in [-0.25, -0.2) is 0 Å². The maximum atomic E-state index is 11.0. The number of nitrogens with zero attached hydrogens (tertiary/aromatic N) is 2. The molecule has 11 heavy (non-hydrogen) atoms. The minimum Gasteiger partial charge on any atom is -0.299 e. The first-order chi connectivity index (χ1) is 5.25. The maximum absolute atomic E-state index is 11.0. The normalized spacial score (nSPS) is 9.09. The summed E-state index contributed by atoms with van der Waals surface area (Å²) in [5, 5.41) is 8.36. The van der Waals surface area contributed by atoms with Crippen molar-refractivity contribution in [2.24, 2.45) is 0 Å². The van der Waals surface area contributed by atoms with Crippen LogP contribution in [0.25, 0.3) is 0 Å². The molecule has 0 aliphatic rings. The molecule has 1 heterocycles. The molecular weight excluding hydrogens is 140 g/mol. The molecule has 0 aliphatic carbocycles. The summed E-state index contributed by atoms with van der Waals surface area (Å²) in [5.41, 5.74) is 0.700. The fourth-order valence-corrected chi connectivity index (χ4v) is 0.897. The molecule has 0 N–H and O–H groups in total. The molecule has 1 aromatic heterocycles. The summed E-state index contributed by atoms with van der Waals surface area (Å²) in [7, 11) is 0. The smallest absolute Gasteiger partial charge is 0.251 e. The van der Waals surface area contributed by atoms with Crippen LogP contribution in [0.15, 0.2) is 23.0 Å². The van der Waals surface area contributed by atoms with Crippen LogP contribution < -0.4 is 5.56 Å². The van der Waals surface area contributed by atoms with Crippen molar-refractivity contribution >= 4 is 0 Å². The molecule has 1 rings (SSSR count). The van der Waals surface area contributed by atoms with Gasteiger partial charge in [0.2, 0.25) is 0 Å². The van der Waals surface area contributed by atoms with Gasteiger partial charge in [-0.3, -0.25) is 9.36 Å². The highest BCUT2D eigenvalue weighted by Gasteiger charge is 1.95. The summed E-state index contributed by atoms with van der Waals surface area (Å²) in [6.45, 7) is 1.93. The lowest BCUT2D eigenvalue weighted by atomic mass is 10.3. The first-order valence-corrected chi connectivity index (χ1v) is 3.29. The molecule has 0 aliphatic heterocycles. The van der Waals surface area contributed by atoms with Crippen LogP contribution in [0.5, 0.6) is 0 Å². The minimum atomic E-state index is -0.119. The Morgan fingerprint density at radius 2 is 2.36 bits per heavy atom. The van der Waals surface area contributed by atoms with Gasteiger partial charge in [0, 0.05) is 11.8 Å². The lowest BCUT2D eigenvalue weighted by molar-refractivity contribution is 0.755. The standard InChI is InChI=1S/C8H8N2O/c1-7-3-2-4-8(11)10(7)6-5-9/h2-4H,6H2,1H3. The predicted octanol–water partition coefficient (Wildman–Crippen LogP) is 0.680. The number of hydrogen-bond donors (Lipinski definition) is 0. The van der Waals surface area contributed by atoms with Crippen LogP contribution in [-0.2, 0) is 6.54 Å². The van der Waals surface area contributed by atoms with Crippen molar-refractivity contribution in [2.45, 2.75) is 13.5 Å². The molecule has 1 aromatic rings. The number of nitriles is 1. The van der Waals surface area contributed by atoms with E-state index in [0.29, 0.717) is 0 Å². The number of aryl methyl sites for hydroxylation is 1. The molecule has 0 saturated carbocycles. The molecule has 0 amide bonds. The van der Waals surface area contributed by atoms with Crippen LogP contribution in [0.2, 0.25) is 0 Å². The first kappa shape index (κ1) is 7.55. The molecule has 0 atom stereocenters. The molecule has 0 radical (unpaired) electrons. The third kappa shape index (κ3) is 1.47. The fourth-order valence-electron chi connectivity index (χ4n) is 0.897. The number of hydrogen-bond acceptors (Lipinski definition) is 2. The van der Waals surface area contributed by atoms with Gasteiger partial charge in [0.15, 0.2) is 0 Å². The second-order valence-corrected chi connectivity index (χ2v) is 2.25. The molecular formula is C8H8N2O. The number of rotatable bonds is 1. The Bertz CT molecular complexity index is 346. The van der Waals surface area contributed by atoms with Gasteiger partial charge in [-0.15, -0.1) is 0 Å². The molecule has 56 valence electrons. The van der Waals surface area contributed by atoms with Crippen LogP contribution >= 0.6 is 0 Å². The molecule has 0 saturated heterocycles. The molecule has 0 unspecified atom stereocenters. The van der Waals surface area contributed by atoms with Gasteiger partial charge in [0.25, 0.3) is 5.56 Å². The maximum Gasteiger partial charge on any atom is 0.251 e. The van der Waals surface area contributed by atoms with Crippen molar-refractivity contribution in [3.63, 3.8) is 0 Å². The van der Waals surface area contributed by atoms with Gasteiger partial charge in [-0.1, -0.05) is 6.07 Å². The lowest BCUT2D eigenvalue weighted by Gasteiger charge is -2.02. The van der Waals surface area contributed by atoms with E-state index in [1.54, 1.807) is 19.1 Å². The first-order valence-electron chi connectivity index (χ1n) is 3.29. The highest BCUT2D eigenvalue weighted by molar-refractivity contribution is 5.05. The Morgan fingerprint density at radius 3 is 2.91 bits per heavy atom. The fraction of sp³-hybridized carbons (Fsp3) is 0.250. The van der Waals surface area contributed by atoms with Crippen molar-refractivity contribution < 1.29 is 0 Å². The Kier molecular flexibility index (Phi) is 2.07. The molecule has 3 heteroatoms. The van der Waals surface area contributed by atoms with E-state index in [1.165, 1.54) is 10.6 Å². The average molecular weight is 148 g/mol. The van der Waals surface area contributed by atoms with E-state index < -0.39 is 0 Å². The topological polar surface area (TPSA) is 45.8 Å².